The van der Waals surface area contributed by atoms with Crippen molar-refractivity contribution in [2.45, 2.75) is 19.9 Å². The lowest BCUT2D eigenvalue weighted by Crippen LogP contribution is -2.35. The molecular weight excluding hydrogens is 394 g/mol. The van der Waals surface area contributed by atoms with Gasteiger partial charge in [-0.05, 0) is 36.1 Å². The molecule has 0 fully saturated rings. The number of hydrogen-bond donors (Lipinski definition) is 0. The minimum atomic E-state index is -0.591. The Morgan fingerprint density at radius 3 is 2.79 bits per heavy atom. The summed E-state index contributed by atoms with van der Waals surface area (Å²) in [6, 6.07) is 10.3. The smallest absolute Gasteiger partial charge is 0.338 e. The highest BCUT2D eigenvalue weighted by Gasteiger charge is 2.19. The molecule has 8 nitrogen and oxygen atoms in total. The van der Waals surface area contributed by atoms with E-state index < -0.39 is 5.97 Å². The Balaban J connectivity index is 1.59. The Hall–Kier alpha value is -3.20. The molecule has 2 aromatic heterocycles. The van der Waals surface area contributed by atoms with Crippen molar-refractivity contribution in [1.29, 1.82) is 0 Å². The van der Waals surface area contributed by atoms with Crippen LogP contribution in [-0.4, -0.2) is 47.2 Å². The Bertz CT molecular complexity index is 955. The lowest BCUT2D eigenvalue weighted by atomic mass is 10.2. The molecule has 0 atom stereocenters. The standard InChI is InChI=1S/C20H21N3O5S/c1-3-9-23(12-17-21-22-19(28-17)16-8-5-10-29-16)18(24)13-27-20(25)14-6-4-7-15(11-14)26-2/h4-8,10-11H,3,9,12-13H2,1-2H3. The molecule has 1 amide bonds. The molecule has 3 rings (SSSR count). The monoisotopic (exact) mass is 415 g/mol. The lowest BCUT2D eigenvalue weighted by molar-refractivity contribution is -0.135. The van der Waals surface area contributed by atoms with E-state index in [-0.39, 0.29) is 19.1 Å². The number of aromatic nitrogens is 2. The number of carbonyl (C=O) groups is 2. The summed E-state index contributed by atoms with van der Waals surface area (Å²) in [6.07, 6.45) is 0.738. The summed E-state index contributed by atoms with van der Waals surface area (Å²) in [4.78, 5) is 27.2. The van der Waals surface area contributed by atoms with E-state index >= 15 is 0 Å². The summed E-state index contributed by atoms with van der Waals surface area (Å²) in [5.74, 6) is 0.361. The lowest BCUT2D eigenvalue weighted by Gasteiger charge is -2.20. The SMILES string of the molecule is CCCN(Cc1nnc(-c2cccs2)o1)C(=O)COC(=O)c1cccc(OC)c1. The van der Waals surface area contributed by atoms with Gasteiger partial charge in [-0.3, -0.25) is 4.79 Å². The average Bonchev–Trinajstić information content (AvgIpc) is 3.43. The van der Waals surface area contributed by atoms with E-state index in [1.165, 1.54) is 23.3 Å². The summed E-state index contributed by atoms with van der Waals surface area (Å²) in [5.41, 5.74) is 0.316. The van der Waals surface area contributed by atoms with Crippen LogP contribution in [0.1, 0.15) is 29.6 Å². The molecule has 29 heavy (non-hydrogen) atoms. The fraction of sp³-hybridized carbons (Fsp3) is 0.300. The van der Waals surface area contributed by atoms with E-state index in [4.69, 9.17) is 13.9 Å². The number of nitrogens with zero attached hydrogens (tertiary/aromatic N) is 3. The summed E-state index contributed by atoms with van der Waals surface area (Å²) in [5, 5.41) is 9.95. The van der Waals surface area contributed by atoms with Crippen molar-refractivity contribution < 1.29 is 23.5 Å². The number of esters is 1. The molecule has 0 bridgehead atoms. The number of benzene rings is 1. The molecule has 0 spiro atoms. The van der Waals surface area contributed by atoms with Crippen LogP contribution in [0.2, 0.25) is 0 Å². The van der Waals surface area contributed by atoms with Crippen LogP contribution in [0, 0.1) is 0 Å². The third-order valence-corrected chi connectivity index (χ3v) is 4.86. The van der Waals surface area contributed by atoms with Gasteiger partial charge in [-0.1, -0.05) is 19.1 Å². The topological polar surface area (TPSA) is 94.8 Å². The van der Waals surface area contributed by atoms with E-state index in [0.717, 1.165) is 11.3 Å². The van der Waals surface area contributed by atoms with Crippen LogP contribution in [0.25, 0.3) is 10.8 Å². The number of ether oxygens (including phenoxy) is 2. The van der Waals surface area contributed by atoms with Crippen molar-refractivity contribution in [2.75, 3.05) is 20.3 Å². The fourth-order valence-electron chi connectivity index (χ4n) is 2.59. The van der Waals surface area contributed by atoms with Crippen molar-refractivity contribution >= 4 is 23.2 Å². The first-order valence-electron chi connectivity index (χ1n) is 9.06. The van der Waals surface area contributed by atoms with Gasteiger partial charge in [0.15, 0.2) is 6.61 Å². The van der Waals surface area contributed by atoms with Gasteiger partial charge < -0.3 is 18.8 Å². The number of carbonyl (C=O) groups excluding carboxylic acids is 2. The summed E-state index contributed by atoms with van der Waals surface area (Å²) in [7, 11) is 1.51. The third-order valence-electron chi connectivity index (χ3n) is 4.00. The zero-order chi connectivity index (χ0) is 20.6. The van der Waals surface area contributed by atoms with Crippen molar-refractivity contribution in [2.24, 2.45) is 0 Å². The maximum absolute atomic E-state index is 12.6. The molecule has 152 valence electrons. The van der Waals surface area contributed by atoms with Gasteiger partial charge in [0.2, 0.25) is 5.89 Å². The molecule has 0 radical (unpaired) electrons. The first-order valence-corrected chi connectivity index (χ1v) is 9.94. The molecule has 2 heterocycles. The van der Waals surface area contributed by atoms with E-state index in [9.17, 15) is 9.59 Å². The molecule has 0 aliphatic carbocycles. The predicted octanol–water partition coefficient (Wildman–Crippen LogP) is 3.40. The molecular formula is C20H21N3O5S. The zero-order valence-corrected chi connectivity index (χ0v) is 17.0. The van der Waals surface area contributed by atoms with Crippen LogP contribution in [0.15, 0.2) is 46.2 Å². The van der Waals surface area contributed by atoms with Crippen LogP contribution >= 0.6 is 11.3 Å². The highest BCUT2D eigenvalue weighted by molar-refractivity contribution is 7.13. The van der Waals surface area contributed by atoms with Crippen molar-refractivity contribution in [3.63, 3.8) is 0 Å². The van der Waals surface area contributed by atoms with Crippen molar-refractivity contribution in [3.8, 4) is 16.5 Å². The molecule has 1 aromatic carbocycles. The van der Waals surface area contributed by atoms with Gasteiger partial charge in [0.25, 0.3) is 11.8 Å². The van der Waals surface area contributed by atoms with Gasteiger partial charge in [-0.15, -0.1) is 21.5 Å². The number of rotatable bonds is 9. The van der Waals surface area contributed by atoms with Crippen LogP contribution < -0.4 is 4.74 Å². The first-order chi connectivity index (χ1) is 14.1. The molecule has 0 aliphatic heterocycles. The van der Waals surface area contributed by atoms with Crippen LogP contribution in [0.3, 0.4) is 0 Å². The Kier molecular flexibility index (Phi) is 6.96. The maximum atomic E-state index is 12.6. The largest absolute Gasteiger partial charge is 0.497 e. The second kappa shape index (κ2) is 9.83. The molecule has 3 aromatic rings. The maximum Gasteiger partial charge on any atom is 0.338 e. The Labute approximate surface area is 172 Å². The number of thiophene rings is 1. The van der Waals surface area contributed by atoms with Crippen LogP contribution in [0.4, 0.5) is 0 Å². The van der Waals surface area contributed by atoms with E-state index in [0.29, 0.717) is 29.6 Å². The highest BCUT2D eigenvalue weighted by atomic mass is 32.1. The summed E-state index contributed by atoms with van der Waals surface area (Å²) in [6.45, 7) is 2.21. The van der Waals surface area contributed by atoms with Crippen molar-refractivity contribution in [3.05, 3.63) is 53.2 Å². The second-order valence-electron chi connectivity index (χ2n) is 6.10. The van der Waals surface area contributed by atoms with Gasteiger partial charge in [-0.2, -0.15) is 0 Å². The molecule has 0 N–H and O–H groups in total. The summed E-state index contributed by atoms with van der Waals surface area (Å²) >= 11 is 1.49. The van der Waals surface area contributed by atoms with E-state index in [1.807, 2.05) is 24.4 Å². The average molecular weight is 415 g/mol. The minimum absolute atomic E-state index is 0.155. The molecule has 0 aliphatic rings. The predicted molar refractivity (Wildman–Crippen MR) is 107 cm³/mol. The van der Waals surface area contributed by atoms with Crippen LogP contribution in [0.5, 0.6) is 5.75 Å². The van der Waals surface area contributed by atoms with Crippen molar-refractivity contribution in [1.82, 2.24) is 15.1 Å². The minimum Gasteiger partial charge on any atom is -0.497 e. The van der Waals surface area contributed by atoms with Gasteiger partial charge >= 0.3 is 5.97 Å². The zero-order valence-electron chi connectivity index (χ0n) is 16.2. The number of methoxy groups -OCH3 is 1. The van der Waals surface area contributed by atoms with E-state index in [2.05, 4.69) is 10.2 Å². The highest BCUT2D eigenvalue weighted by Crippen LogP contribution is 2.23. The molecule has 9 heteroatoms. The second-order valence-corrected chi connectivity index (χ2v) is 7.05. The van der Waals surface area contributed by atoms with E-state index in [1.54, 1.807) is 24.3 Å². The Morgan fingerprint density at radius 1 is 1.21 bits per heavy atom. The van der Waals surface area contributed by atoms with Gasteiger partial charge in [0, 0.05) is 6.54 Å². The quantitative estimate of drug-likeness (QED) is 0.494. The van der Waals surface area contributed by atoms with Gasteiger partial charge in [0.1, 0.15) is 5.75 Å². The van der Waals surface area contributed by atoms with Gasteiger partial charge in [-0.25, -0.2) is 4.79 Å². The number of amides is 1. The normalized spacial score (nSPS) is 10.6. The molecule has 0 unspecified atom stereocenters. The first kappa shape index (κ1) is 20.5. The molecule has 0 saturated heterocycles. The van der Waals surface area contributed by atoms with Gasteiger partial charge in [0.05, 0.1) is 24.1 Å². The molecule has 0 saturated carbocycles. The number of hydrogen-bond acceptors (Lipinski definition) is 8. The Morgan fingerprint density at radius 2 is 2.07 bits per heavy atom. The van der Waals surface area contributed by atoms with Crippen LogP contribution in [-0.2, 0) is 16.1 Å². The third kappa shape index (κ3) is 5.41. The summed E-state index contributed by atoms with van der Waals surface area (Å²) < 4.78 is 15.9. The fourth-order valence-corrected chi connectivity index (χ4v) is 3.24.